The Morgan fingerprint density at radius 3 is 2.80 bits per heavy atom. The Balaban J connectivity index is 2.70. The van der Waals surface area contributed by atoms with Crippen LogP contribution in [0.2, 0.25) is 0 Å². The lowest BCUT2D eigenvalue weighted by atomic mass is 10.3. The van der Waals surface area contributed by atoms with Crippen LogP contribution in [0.25, 0.3) is 0 Å². The average Bonchev–Trinajstić information content (AvgIpc) is 2.86. The van der Waals surface area contributed by atoms with Crippen LogP contribution in [0.3, 0.4) is 0 Å². The van der Waals surface area contributed by atoms with Crippen LogP contribution in [0.15, 0.2) is 22.8 Å². The third kappa shape index (κ3) is 5.42. The minimum Gasteiger partial charge on any atom is -0.481 e. The van der Waals surface area contributed by atoms with E-state index in [1.807, 2.05) is 6.07 Å². The monoisotopic (exact) mass is 300 g/mol. The van der Waals surface area contributed by atoms with E-state index in [1.54, 1.807) is 12.1 Å². The summed E-state index contributed by atoms with van der Waals surface area (Å²) in [5.41, 5.74) is 0. The fraction of sp³-hybridized carbons (Fsp3) is 0.500. The zero-order valence-electron chi connectivity index (χ0n) is 10.9. The van der Waals surface area contributed by atoms with Crippen molar-refractivity contribution in [3.05, 3.63) is 24.2 Å². The molecule has 1 N–H and O–H groups in total. The molecule has 1 rings (SSSR count). The van der Waals surface area contributed by atoms with Crippen molar-refractivity contribution in [2.45, 2.75) is 25.8 Å². The van der Waals surface area contributed by atoms with Crippen LogP contribution in [0.1, 0.15) is 25.0 Å². The van der Waals surface area contributed by atoms with Crippen LogP contribution in [0, 0.1) is 11.3 Å². The van der Waals surface area contributed by atoms with E-state index in [1.165, 1.54) is 6.26 Å². The molecule has 0 saturated heterocycles. The fourth-order valence-corrected chi connectivity index (χ4v) is 3.06. The average molecular weight is 300 g/mol. The number of aliphatic carboxylic acids is 1. The third-order valence-electron chi connectivity index (χ3n) is 2.57. The molecule has 20 heavy (non-hydrogen) atoms. The molecule has 110 valence electrons. The van der Waals surface area contributed by atoms with Gasteiger partial charge >= 0.3 is 5.97 Å². The Bertz CT molecular complexity index is 559. The second kappa shape index (κ2) is 7.67. The van der Waals surface area contributed by atoms with Gasteiger partial charge in [0.05, 0.1) is 24.6 Å². The number of carbonyl (C=O) groups is 1. The number of nitriles is 1. The highest BCUT2D eigenvalue weighted by atomic mass is 32.2. The first-order valence-electron chi connectivity index (χ1n) is 6.04. The van der Waals surface area contributed by atoms with Gasteiger partial charge in [0.2, 0.25) is 10.0 Å². The van der Waals surface area contributed by atoms with Crippen molar-refractivity contribution < 1.29 is 22.7 Å². The summed E-state index contributed by atoms with van der Waals surface area (Å²) in [6.07, 6.45) is 1.35. The number of hydrogen-bond donors (Lipinski definition) is 1. The number of sulfonamides is 1. The second-order valence-electron chi connectivity index (χ2n) is 4.13. The first-order chi connectivity index (χ1) is 9.45. The molecule has 1 aromatic heterocycles. The van der Waals surface area contributed by atoms with Crippen LogP contribution < -0.4 is 0 Å². The van der Waals surface area contributed by atoms with Gasteiger partial charge in [0.25, 0.3) is 0 Å². The Labute approximate surface area is 117 Å². The number of hydrogen-bond acceptors (Lipinski definition) is 5. The van der Waals surface area contributed by atoms with Gasteiger partial charge in [0.1, 0.15) is 5.76 Å². The highest BCUT2D eigenvalue weighted by Crippen LogP contribution is 2.12. The summed E-state index contributed by atoms with van der Waals surface area (Å²) < 4.78 is 30.5. The topological polar surface area (TPSA) is 112 Å². The van der Waals surface area contributed by atoms with Gasteiger partial charge in [-0.25, -0.2) is 8.42 Å². The number of carboxylic acids is 1. The van der Waals surface area contributed by atoms with Gasteiger partial charge in [-0.1, -0.05) is 0 Å². The van der Waals surface area contributed by atoms with Gasteiger partial charge in [0.15, 0.2) is 0 Å². The molecule has 0 aliphatic rings. The molecular weight excluding hydrogens is 284 g/mol. The first-order valence-corrected chi connectivity index (χ1v) is 7.65. The standard InChI is InChI=1S/C12H16N2O5S/c13-6-3-7-14(10-11-4-1-8-19-11)20(17,18)9-2-5-12(15)16/h1,4,8H,2-3,5,7,9-10H2,(H,15,16). The van der Waals surface area contributed by atoms with Crippen molar-refractivity contribution in [1.29, 1.82) is 5.26 Å². The molecule has 0 aromatic carbocycles. The normalized spacial score (nSPS) is 11.4. The summed E-state index contributed by atoms with van der Waals surface area (Å²) in [7, 11) is -3.61. The highest BCUT2D eigenvalue weighted by molar-refractivity contribution is 7.89. The first kappa shape index (κ1) is 16.2. The maximum absolute atomic E-state index is 12.1. The van der Waals surface area contributed by atoms with Gasteiger partial charge in [-0.05, 0) is 18.6 Å². The lowest BCUT2D eigenvalue weighted by molar-refractivity contribution is -0.137. The molecule has 0 atom stereocenters. The fourth-order valence-electron chi connectivity index (χ4n) is 1.60. The van der Waals surface area contributed by atoms with Crippen molar-refractivity contribution in [2.24, 2.45) is 0 Å². The molecule has 0 aliphatic heterocycles. The molecule has 0 unspecified atom stereocenters. The number of rotatable bonds is 9. The van der Waals surface area contributed by atoms with Crippen LogP contribution in [-0.2, 0) is 21.4 Å². The molecule has 0 amide bonds. The number of carboxylic acid groups (broad SMARTS) is 1. The van der Waals surface area contributed by atoms with Crippen LogP contribution in [-0.4, -0.2) is 36.1 Å². The van der Waals surface area contributed by atoms with E-state index in [0.717, 1.165) is 4.31 Å². The molecule has 8 heteroatoms. The molecule has 1 heterocycles. The number of furan rings is 1. The SMILES string of the molecule is N#CCCN(Cc1ccco1)S(=O)(=O)CCCC(=O)O. The van der Waals surface area contributed by atoms with E-state index in [4.69, 9.17) is 14.8 Å². The van der Waals surface area contributed by atoms with Crippen molar-refractivity contribution in [3.63, 3.8) is 0 Å². The summed E-state index contributed by atoms with van der Waals surface area (Å²) in [4.78, 5) is 10.4. The van der Waals surface area contributed by atoms with Crippen molar-refractivity contribution >= 4 is 16.0 Å². The summed E-state index contributed by atoms with van der Waals surface area (Å²) in [6, 6.07) is 5.19. The maximum atomic E-state index is 12.1. The van der Waals surface area contributed by atoms with Gasteiger partial charge in [-0.15, -0.1) is 0 Å². The summed E-state index contributed by atoms with van der Waals surface area (Å²) >= 11 is 0. The number of nitrogens with zero attached hydrogens (tertiary/aromatic N) is 2. The van der Waals surface area contributed by atoms with Crippen molar-refractivity contribution in [3.8, 4) is 6.07 Å². The zero-order valence-corrected chi connectivity index (χ0v) is 11.7. The predicted molar refractivity (Wildman–Crippen MR) is 70.0 cm³/mol. The molecule has 1 aromatic rings. The molecule has 0 radical (unpaired) electrons. The molecular formula is C12H16N2O5S. The second-order valence-corrected chi connectivity index (χ2v) is 6.22. The van der Waals surface area contributed by atoms with E-state index in [2.05, 4.69) is 0 Å². The van der Waals surface area contributed by atoms with E-state index < -0.39 is 16.0 Å². The van der Waals surface area contributed by atoms with Crippen molar-refractivity contribution in [1.82, 2.24) is 4.31 Å². The molecule has 0 aliphatic carbocycles. The van der Waals surface area contributed by atoms with Crippen LogP contribution in [0.4, 0.5) is 0 Å². The Hall–Kier alpha value is -1.85. The van der Waals surface area contributed by atoms with E-state index >= 15 is 0 Å². The molecule has 0 bridgehead atoms. The summed E-state index contributed by atoms with van der Waals surface area (Å²) in [5, 5.41) is 17.1. The lowest BCUT2D eigenvalue weighted by Gasteiger charge is -2.19. The quantitative estimate of drug-likeness (QED) is 0.733. The van der Waals surface area contributed by atoms with Gasteiger partial charge in [-0.2, -0.15) is 9.57 Å². The highest BCUT2D eigenvalue weighted by Gasteiger charge is 2.22. The molecule has 0 spiro atoms. The maximum Gasteiger partial charge on any atom is 0.303 e. The minimum atomic E-state index is -3.61. The predicted octanol–water partition coefficient (Wildman–Crippen LogP) is 1.19. The van der Waals surface area contributed by atoms with Gasteiger partial charge in [0, 0.05) is 19.4 Å². The van der Waals surface area contributed by atoms with Gasteiger partial charge in [-0.3, -0.25) is 4.79 Å². The summed E-state index contributed by atoms with van der Waals surface area (Å²) in [5.74, 6) is -0.814. The molecule has 7 nitrogen and oxygen atoms in total. The Kier molecular flexibility index (Phi) is 6.21. The van der Waals surface area contributed by atoms with E-state index in [-0.39, 0.29) is 38.1 Å². The zero-order chi connectivity index (χ0) is 15.0. The Morgan fingerprint density at radius 2 is 2.25 bits per heavy atom. The van der Waals surface area contributed by atoms with E-state index in [9.17, 15) is 13.2 Å². The van der Waals surface area contributed by atoms with Crippen LogP contribution in [0.5, 0.6) is 0 Å². The van der Waals surface area contributed by atoms with Gasteiger partial charge < -0.3 is 9.52 Å². The lowest BCUT2D eigenvalue weighted by Crippen LogP contribution is -2.33. The third-order valence-corrected chi connectivity index (χ3v) is 4.47. The Morgan fingerprint density at radius 1 is 1.50 bits per heavy atom. The molecule has 0 fully saturated rings. The largest absolute Gasteiger partial charge is 0.481 e. The van der Waals surface area contributed by atoms with E-state index in [0.29, 0.717) is 5.76 Å². The smallest absolute Gasteiger partial charge is 0.303 e. The van der Waals surface area contributed by atoms with Crippen molar-refractivity contribution in [2.75, 3.05) is 12.3 Å². The summed E-state index contributed by atoms with van der Waals surface area (Å²) in [6.45, 7) is 0.108. The minimum absolute atomic E-state index is 0.0406. The molecule has 0 saturated carbocycles. The van der Waals surface area contributed by atoms with Crippen LogP contribution >= 0.6 is 0 Å².